The first-order chi connectivity index (χ1) is 14.9. The van der Waals surface area contributed by atoms with E-state index in [1.807, 2.05) is 44.2 Å². The van der Waals surface area contributed by atoms with E-state index in [0.29, 0.717) is 23.5 Å². The molecule has 7 nitrogen and oxygen atoms in total. The fourth-order valence-electron chi connectivity index (χ4n) is 3.26. The van der Waals surface area contributed by atoms with Crippen molar-refractivity contribution in [3.63, 3.8) is 0 Å². The molecular weight excluding hydrogens is 392 g/mol. The van der Waals surface area contributed by atoms with Gasteiger partial charge in [-0.1, -0.05) is 0 Å². The molecule has 0 aliphatic rings. The van der Waals surface area contributed by atoms with E-state index in [-0.39, 0.29) is 17.4 Å². The van der Waals surface area contributed by atoms with Crippen molar-refractivity contribution in [3.05, 3.63) is 77.6 Å². The Bertz CT molecular complexity index is 1260. The van der Waals surface area contributed by atoms with Gasteiger partial charge in [0.1, 0.15) is 5.75 Å². The summed E-state index contributed by atoms with van der Waals surface area (Å²) in [6.45, 7) is 5.98. The highest BCUT2D eigenvalue weighted by Crippen LogP contribution is 2.23. The zero-order chi connectivity index (χ0) is 22.0. The molecule has 0 spiro atoms. The molecule has 7 heteroatoms. The average Bonchev–Trinajstić information content (AvgIpc) is 3.20. The summed E-state index contributed by atoms with van der Waals surface area (Å²) in [5, 5.41) is 7.20. The van der Waals surface area contributed by atoms with Crippen LogP contribution in [0.25, 0.3) is 16.9 Å². The molecule has 2 aromatic heterocycles. The van der Waals surface area contributed by atoms with E-state index in [4.69, 9.17) is 4.74 Å². The smallest absolute Gasteiger partial charge is 0.276 e. The third-order valence-corrected chi connectivity index (χ3v) is 4.85. The highest BCUT2D eigenvalue weighted by molar-refractivity contribution is 6.04. The molecule has 2 aromatic carbocycles. The molecule has 156 valence electrons. The van der Waals surface area contributed by atoms with Crippen LogP contribution in [-0.4, -0.2) is 32.9 Å². The number of anilines is 1. The number of carbonyl (C=O) groups excluding carboxylic acids is 2. The van der Waals surface area contributed by atoms with Crippen molar-refractivity contribution in [3.8, 4) is 17.0 Å². The summed E-state index contributed by atoms with van der Waals surface area (Å²) in [6.07, 6.45) is 0. The summed E-state index contributed by atoms with van der Waals surface area (Å²) in [6, 6.07) is 18.1. The number of amides is 1. The number of nitrogens with zero attached hydrogens (tertiary/aromatic N) is 3. The van der Waals surface area contributed by atoms with Crippen LogP contribution in [0.3, 0.4) is 0 Å². The van der Waals surface area contributed by atoms with Crippen LogP contribution in [0.5, 0.6) is 5.75 Å². The van der Waals surface area contributed by atoms with Gasteiger partial charge in [-0.2, -0.15) is 5.10 Å². The summed E-state index contributed by atoms with van der Waals surface area (Å²) < 4.78 is 7.14. The first kappa shape index (κ1) is 20.3. The Morgan fingerprint density at radius 3 is 2.39 bits per heavy atom. The Morgan fingerprint density at radius 1 is 1.03 bits per heavy atom. The van der Waals surface area contributed by atoms with Crippen LogP contribution in [0.15, 0.2) is 60.7 Å². The Labute approximate surface area is 179 Å². The molecule has 0 saturated carbocycles. The van der Waals surface area contributed by atoms with Crippen LogP contribution >= 0.6 is 0 Å². The predicted molar refractivity (Wildman–Crippen MR) is 119 cm³/mol. The number of aromatic nitrogens is 3. The van der Waals surface area contributed by atoms with Crippen LogP contribution in [-0.2, 0) is 0 Å². The van der Waals surface area contributed by atoms with Crippen molar-refractivity contribution < 1.29 is 14.3 Å². The van der Waals surface area contributed by atoms with Crippen LogP contribution in [0.1, 0.15) is 40.4 Å². The largest absolute Gasteiger partial charge is 0.494 e. The van der Waals surface area contributed by atoms with Crippen molar-refractivity contribution in [2.24, 2.45) is 0 Å². The lowest BCUT2D eigenvalue weighted by Crippen LogP contribution is -2.13. The minimum atomic E-state index is -0.344. The molecule has 0 aliphatic heterocycles. The van der Waals surface area contributed by atoms with E-state index in [9.17, 15) is 9.59 Å². The molecule has 0 fully saturated rings. The number of hydrogen-bond acceptors (Lipinski definition) is 5. The van der Waals surface area contributed by atoms with Gasteiger partial charge < -0.3 is 10.1 Å². The van der Waals surface area contributed by atoms with E-state index < -0.39 is 0 Å². The molecule has 0 atom stereocenters. The molecule has 4 rings (SSSR count). The van der Waals surface area contributed by atoms with Gasteiger partial charge >= 0.3 is 0 Å². The number of hydrogen-bond donors (Lipinski definition) is 1. The van der Waals surface area contributed by atoms with E-state index in [1.54, 1.807) is 34.8 Å². The fraction of sp³-hybridized carbons (Fsp3) is 0.167. The molecule has 0 bridgehead atoms. The quantitative estimate of drug-likeness (QED) is 0.468. The Balaban J connectivity index is 1.59. The monoisotopic (exact) mass is 414 g/mol. The summed E-state index contributed by atoms with van der Waals surface area (Å²) in [4.78, 5) is 28.7. The average molecular weight is 414 g/mol. The number of Topliss-reactive ketones (excluding diaryl/α,β-unsaturated/α-hetero) is 1. The first-order valence-electron chi connectivity index (χ1n) is 9.97. The number of ether oxygens (including phenoxy) is 1. The summed E-state index contributed by atoms with van der Waals surface area (Å²) in [7, 11) is 0. The maximum absolute atomic E-state index is 12.7. The molecule has 1 amide bonds. The number of carbonyl (C=O) groups is 2. The number of rotatable bonds is 6. The topological polar surface area (TPSA) is 85.6 Å². The molecule has 2 heterocycles. The number of ketones is 1. The molecule has 0 unspecified atom stereocenters. The van der Waals surface area contributed by atoms with Gasteiger partial charge in [-0.05, 0) is 75.4 Å². The van der Waals surface area contributed by atoms with E-state index in [0.717, 1.165) is 22.7 Å². The van der Waals surface area contributed by atoms with Gasteiger partial charge in [-0.15, -0.1) is 0 Å². The fourth-order valence-corrected chi connectivity index (χ4v) is 3.26. The highest BCUT2D eigenvalue weighted by Gasteiger charge is 2.15. The Hall–Kier alpha value is -4.00. The van der Waals surface area contributed by atoms with Gasteiger partial charge in [0.2, 0.25) is 0 Å². The highest BCUT2D eigenvalue weighted by atomic mass is 16.5. The van der Waals surface area contributed by atoms with Crippen LogP contribution in [0.4, 0.5) is 5.69 Å². The van der Waals surface area contributed by atoms with Gasteiger partial charge in [0.05, 0.1) is 12.3 Å². The third-order valence-electron chi connectivity index (χ3n) is 4.85. The molecule has 31 heavy (non-hydrogen) atoms. The number of nitrogens with one attached hydrogen (secondary N) is 1. The van der Waals surface area contributed by atoms with Gasteiger partial charge in [0.25, 0.3) is 5.91 Å². The Morgan fingerprint density at radius 2 is 1.74 bits per heavy atom. The Kier molecular flexibility index (Phi) is 5.49. The molecular formula is C24H22N4O3. The van der Waals surface area contributed by atoms with Crippen molar-refractivity contribution >= 4 is 23.0 Å². The van der Waals surface area contributed by atoms with Crippen LogP contribution in [0, 0.1) is 6.92 Å². The minimum Gasteiger partial charge on any atom is -0.494 e. The summed E-state index contributed by atoms with van der Waals surface area (Å²) >= 11 is 0. The second-order valence-corrected chi connectivity index (χ2v) is 7.13. The zero-order valence-electron chi connectivity index (χ0n) is 17.5. The maximum Gasteiger partial charge on any atom is 0.276 e. The second-order valence-electron chi connectivity index (χ2n) is 7.13. The zero-order valence-corrected chi connectivity index (χ0v) is 17.5. The number of fused-ring (bicyclic) bond motifs is 1. The summed E-state index contributed by atoms with van der Waals surface area (Å²) in [5.74, 6) is 0.440. The maximum atomic E-state index is 12.7. The van der Waals surface area contributed by atoms with Crippen LogP contribution < -0.4 is 10.1 Å². The van der Waals surface area contributed by atoms with Gasteiger partial charge in [0, 0.05) is 28.6 Å². The van der Waals surface area contributed by atoms with Gasteiger partial charge in [-0.25, -0.2) is 9.50 Å². The van der Waals surface area contributed by atoms with E-state index in [1.165, 1.54) is 6.92 Å². The minimum absolute atomic E-state index is 0.0249. The third kappa shape index (κ3) is 4.30. The van der Waals surface area contributed by atoms with E-state index in [2.05, 4.69) is 15.4 Å². The van der Waals surface area contributed by atoms with E-state index >= 15 is 0 Å². The van der Waals surface area contributed by atoms with Crippen molar-refractivity contribution in [1.29, 1.82) is 0 Å². The van der Waals surface area contributed by atoms with Crippen LogP contribution in [0.2, 0.25) is 0 Å². The first-order valence-corrected chi connectivity index (χ1v) is 9.97. The second kappa shape index (κ2) is 8.39. The van der Waals surface area contributed by atoms with Crippen molar-refractivity contribution in [2.45, 2.75) is 20.8 Å². The lowest BCUT2D eigenvalue weighted by Gasteiger charge is -2.06. The molecule has 0 saturated heterocycles. The lowest BCUT2D eigenvalue weighted by atomic mass is 10.1. The standard InChI is InChI=1S/C24H22N4O3/c1-4-31-20-11-7-18(8-12-20)21-13-15(2)28-23(26-21)14-22(27-28)24(30)25-19-9-5-17(6-10-19)16(3)29/h5-14H,4H2,1-3H3,(H,25,30). The van der Waals surface area contributed by atoms with Gasteiger partial charge in [-0.3, -0.25) is 9.59 Å². The van der Waals surface area contributed by atoms with Crippen molar-refractivity contribution in [2.75, 3.05) is 11.9 Å². The van der Waals surface area contributed by atoms with Crippen molar-refractivity contribution in [1.82, 2.24) is 14.6 Å². The SMILES string of the molecule is CCOc1ccc(-c2cc(C)n3nc(C(=O)Nc4ccc(C(C)=O)cc4)cc3n2)cc1. The molecule has 1 N–H and O–H groups in total. The lowest BCUT2D eigenvalue weighted by molar-refractivity contribution is 0.101. The predicted octanol–water partition coefficient (Wildman–Crippen LogP) is 4.56. The summed E-state index contributed by atoms with van der Waals surface area (Å²) in [5.41, 5.74) is 4.63. The molecule has 0 aliphatic carbocycles. The number of benzene rings is 2. The normalized spacial score (nSPS) is 10.8. The molecule has 0 radical (unpaired) electrons. The molecule has 4 aromatic rings. The van der Waals surface area contributed by atoms with Gasteiger partial charge in [0.15, 0.2) is 17.1 Å². The number of aryl methyl sites for hydroxylation is 1.